The maximum Gasteiger partial charge on any atom is 0.337 e. The highest BCUT2D eigenvalue weighted by molar-refractivity contribution is 5.95. The van der Waals surface area contributed by atoms with Gasteiger partial charge < -0.3 is 20.1 Å². The summed E-state index contributed by atoms with van der Waals surface area (Å²) in [7, 11) is 0. The number of ether oxygens (including phenoxy) is 1. The molecule has 0 bridgehead atoms. The Labute approximate surface area is 262 Å². The molecule has 2 aliphatic rings. The fourth-order valence-corrected chi connectivity index (χ4v) is 7.09. The summed E-state index contributed by atoms with van der Waals surface area (Å²) in [6.07, 6.45) is 7.54. The third-order valence-electron chi connectivity index (χ3n) is 9.32. The summed E-state index contributed by atoms with van der Waals surface area (Å²) in [6.45, 7) is 11.7. The van der Waals surface area contributed by atoms with E-state index >= 15 is 0 Å². The number of amides is 1. The Morgan fingerprint density at radius 2 is 1.57 bits per heavy atom. The van der Waals surface area contributed by atoms with Crippen LogP contribution in [0.5, 0.6) is 0 Å². The Bertz CT molecular complexity index is 1460. The van der Waals surface area contributed by atoms with Gasteiger partial charge in [0.05, 0.1) is 11.3 Å². The van der Waals surface area contributed by atoms with Crippen molar-refractivity contribution < 1.29 is 19.4 Å². The lowest BCUT2D eigenvalue weighted by Crippen LogP contribution is -2.42. The average molecular weight is 598 g/mol. The van der Waals surface area contributed by atoms with Gasteiger partial charge in [0.15, 0.2) is 6.10 Å². The smallest absolute Gasteiger partial charge is 0.337 e. The first-order chi connectivity index (χ1) is 21.0. The largest absolute Gasteiger partial charge is 0.479 e. The number of aryl methyl sites for hydroxylation is 2. The van der Waals surface area contributed by atoms with Crippen molar-refractivity contribution in [3.8, 4) is 11.1 Å². The number of rotatable bonds is 8. The van der Waals surface area contributed by atoms with Gasteiger partial charge in [-0.25, -0.2) is 4.79 Å². The summed E-state index contributed by atoms with van der Waals surface area (Å²) in [6, 6.07) is 17.4. The first kappa shape index (κ1) is 31.7. The summed E-state index contributed by atoms with van der Waals surface area (Å²) < 4.78 is 6.23. The molecule has 1 saturated heterocycles. The number of carboxylic acid groups (broad SMARTS) is 1. The monoisotopic (exact) mass is 597 g/mol. The van der Waals surface area contributed by atoms with Crippen LogP contribution >= 0.6 is 0 Å². The molecular weight excluding hydrogens is 550 g/mol. The summed E-state index contributed by atoms with van der Waals surface area (Å²) >= 11 is 0. The van der Waals surface area contributed by atoms with Crippen LogP contribution in [-0.2, 0) is 16.1 Å². The molecule has 3 aromatic rings. The zero-order valence-corrected chi connectivity index (χ0v) is 26.9. The number of aliphatic carboxylic acids is 1. The van der Waals surface area contributed by atoms with Crippen LogP contribution in [0, 0.1) is 19.3 Å². The first-order valence-electron chi connectivity index (χ1n) is 16.1. The molecular formula is C37H47N3O4. The summed E-state index contributed by atoms with van der Waals surface area (Å²) in [5.41, 5.74) is 6.19. The summed E-state index contributed by atoms with van der Waals surface area (Å²) in [5, 5.41) is 13.5. The topological polar surface area (TPSA) is 91.8 Å². The van der Waals surface area contributed by atoms with Gasteiger partial charge in [-0.3, -0.25) is 9.78 Å². The highest BCUT2D eigenvalue weighted by Crippen LogP contribution is 2.48. The van der Waals surface area contributed by atoms with E-state index in [0.717, 1.165) is 54.0 Å². The number of carbonyl (C=O) groups excluding carboxylic acids is 1. The van der Waals surface area contributed by atoms with Crippen molar-refractivity contribution in [1.29, 1.82) is 0 Å². The molecule has 2 N–H and O–H groups in total. The van der Waals surface area contributed by atoms with Gasteiger partial charge in [-0.15, -0.1) is 0 Å². The van der Waals surface area contributed by atoms with Crippen LogP contribution in [0.25, 0.3) is 11.1 Å². The van der Waals surface area contributed by atoms with Crippen molar-refractivity contribution in [3.63, 3.8) is 0 Å². The third-order valence-corrected chi connectivity index (χ3v) is 9.32. The number of carbonyl (C=O) groups is 2. The molecule has 44 heavy (non-hydrogen) atoms. The lowest BCUT2D eigenvalue weighted by molar-refractivity contribution is -0.160. The minimum atomic E-state index is -1.16. The molecule has 7 heteroatoms. The number of anilines is 1. The molecule has 1 aliphatic heterocycles. The number of hydrogen-bond acceptors (Lipinski definition) is 5. The molecule has 5 rings (SSSR count). The van der Waals surface area contributed by atoms with Crippen LogP contribution in [0.4, 0.5) is 5.69 Å². The van der Waals surface area contributed by atoms with E-state index in [4.69, 9.17) is 9.72 Å². The zero-order chi connectivity index (χ0) is 31.5. The van der Waals surface area contributed by atoms with Crippen molar-refractivity contribution in [2.24, 2.45) is 5.41 Å². The van der Waals surface area contributed by atoms with Crippen molar-refractivity contribution in [2.75, 3.05) is 18.0 Å². The van der Waals surface area contributed by atoms with Gasteiger partial charge in [-0.1, -0.05) is 61.7 Å². The molecule has 1 saturated carbocycles. The molecule has 2 aromatic carbocycles. The molecule has 234 valence electrons. The molecule has 1 aliphatic carbocycles. The van der Waals surface area contributed by atoms with Gasteiger partial charge in [0.25, 0.3) is 5.91 Å². The summed E-state index contributed by atoms with van der Waals surface area (Å²) in [5.74, 6) is -1.16. The van der Waals surface area contributed by atoms with Crippen LogP contribution in [0.1, 0.15) is 105 Å². The Morgan fingerprint density at radius 1 is 0.932 bits per heavy atom. The van der Waals surface area contributed by atoms with E-state index in [1.165, 1.54) is 32.1 Å². The lowest BCUT2D eigenvalue weighted by Gasteiger charge is -2.46. The first-order valence-corrected chi connectivity index (χ1v) is 16.1. The number of nitrogens with one attached hydrogen (secondary N) is 1. The van der Waals surface area contributed by atoms with E-state index in [1.807, 2.05) is 89.2 Å². The Morgan fingerprint density at radius 3 is 2.16 bits per heavy atom. The molecule has 7 nitrogen and oxygen atoms in total. The zero-order valence-electron chi connectivity index (χ0n) is 26.9. The molecule has 2 heterocycles. The Balaban J connectivity index is 1.53. The van der Waals surface area contributed by atoms with Gasteiger partial charge in [0.2, 0.25) is 0 Å². The minimum absolute atomic E-state index is 0.140. The highest BCUT2D eigenvalue weighted by atomic mass is 16.5. The van der Waals surface area contributed by atoms with E-state index in [0.29, 0.717) is 28.8 Å². The van der Waals surface area contributed by atoms with E-state index in [2.05, 4.69) is 10.2 Å². The number of aromatic nitrogens is 1. The van der Waals surface area contributed by atoms with E-state index in [9.17, 15) is 14.7 Å². The van der Waals surface area contributed by atoms with Crippen LogP contribution in [0.2, 0.25) is 0 Å². The molecule has 0 radical (unpaired) electrons. The molecule has 1 spiro atoms. The van der Waals surface area contributed by atoms with E-state index < -0.39 is 17.7 Å². The number of hydrogen-bond donors (Lipinski definition) is 2. The van der Waals surface area contributed by atoms with Crippen molar-refractivity contribution >= 4 is 17.6 Å². The van der Waals surface area contributed by atoms with Gasteiger partial charge in [-0.2, -0.15) is 0 Å². The molecule has 1 aromatic heterocycles. The van der Waals surface area contributed by atoms with E-state index in [-0.39, 0.29) is 5.91 Å². The fourth-order valence-electron chi connectivity index (χ4n) is 7.09. The van der Waals surface area contributed by atoms with Crippen LogP contribution in [0.15, 0.2) is 54.6 Å². The second-order valence-electron chi connectivity index (χ2n) is 13.7. The van der Waals surface area contributed by atoms with Gasteiger partial charge in [0, 0.05) is 47.7 Å². The second kappa shape index (κ2) is 13.1. The maximum absolute atomic E-state index is 13.0. The van der Waals surface area contributed by atoms with Crippen molar-refractivity contribution in [3.05, 3.63) is 82.7 Å². The quantitative estimate of drug-likeness (QED) is 0.275. The number of piperidine rings is 1. The number of carboxylic acids is 1. The van der Waals surface area contributed by atoms with Crippen molar-refractivity contribution in [2.45, 2.75) is 97.8 Å². The van der Waals surface area contributed by atoms with Crippen molar-refractivity contribution in [1.82, 2.24) is 10.3 Å². The Kier molecular flexibility index (Phi) is 9.45. The van der Waals surface area contributed by atoms with Gasteiger partial charge >= 0.3 is 5.97 Å². The normalized spacial score (nSPS) is 17.3. The number of pyridine rings is 1. The molecule has 2 fully saturated rings. The molecule has 1 amide bonds. The van der Waals surface area contributed by atoms with E-state index in [1.54, 1.807) is 0 Å². The number of benzene rings is 2. The molecule has 1 atom stereocenters. The standard InChI is InChI=1S/C37H47N3O4/c1-25-30(28-14-16-29(17-15-28)34(41)38-24-27-12-8-6-9-13-27)32(40-22-20-37(21-23-40)18-10-7-11-19-37)31(26(2)39-25)33(35(42)43)44-36(3,4)5/h6,8-9,12-17,33H,7,10-11,18-24H2,1-5H3,(H,38,41)(H,42,43). The second-order valence-corrected chi connectivity index (χ2v) is 13.7. The SMILES string of the molecule is Cc1nc(C)c(C(OC(C)(C)C)C(=O)O)c(N2CCC3(CCCCC3)CC2)c1-c1ccc(C(=O)NCc2ccccc2)cc1. The maximum atomic E-state index is 13.0. The van der Waals surface area contributed by atoms with Gasteiger partial charge in [0.1, 0.15) is 0 Å². The molecule has 1 unspecified atom stereocenters. The predicted molar refractivity (Wildman–Crippen MR) is 175 cm³/mol. The fraction of sp³-hybridized carbons (Fsp3) is 0.486. The number of nitrogens with zero attached hydrogens (tertiary/aromatic N) is 2. The third kappa shape index (κ3) is 7.15. The highest BCUT2D eigenvalue weighted by Gasteiger charge is 2.39. The lowest BCUT2D eigenvalue weighted by atomic mass is 9.68. The average Bonchev–Trinajstić information content (AvgIpc) is 3.00. The minimum Gasteiger partial charge on any atom is -0.479 e. The van der Waals surface area contributed by atoms with Gasteiger partial charge in [-0.05, 0) is 89.0 Å². The predicted octanol–water partition coefficient (Wildman–Crippen LogP) is 7.79. The van der Waals surface area contributed by atoms with Crippen LogP contribution in [-0.4, -0.2) is 40.7 Å². The summed E-state index contributed by atoms with van der Waals surface area (Å²) in [4.78, 5) is 33.1. The Hall–Kier alpha value is -3.71. The van der Waals surface area contributed by atoms with Crippen LogP contribution in [0.3, 0.4) is 0 Å². The van der Waals surface area contributed by atoms with Crippen LogP contribution < -0.4 is 10.2 Å².